The Labute approximate surface area is 123 Å². The average Bonchev–Trinajstić information content (AvgIpc) is 2.35. The zero-order valence-electron chi connectivity index (χ0n) is 11.3. The largest absolute Gasteiger partial charge is 0.461 e. The lowest BCUT2D eigenvalue weighted by Gasteiger charge is -2.21. The number of benzene rings is 1. The van der Waals surface area contributed by atoms with E-state index >= 15 is 0 Å². The van der Waals surface area contributed by atoms with Crippen LogP contribution in [0.2, 0.25) is 0 Å². The molecule has 100 valence electrons. The van der Waals surface area contributed by atoms with Gasteiger partial charge in [0.25, 0.3) is 0 Å². The van der Waals surface area contributed by atoms with Crippen molar-refractivity contribution in [3.63, 3.8) is 0 Å². The van der Waals surface area contributed by atoms with E-state index in [1.165, 1.54) is 0 Å². The quantitative estimate of drug-likeness (QED) is 0.452. The highest BCUT2D eigenvalue weighted by molar-refractivity contribution is 14.1. The second-order valence-electron chi connectivity index (χ2n) is 4.83. The molecular formula is C14H20INO2. The van der Waals surface area contributed by atoms with Crippen LogP contribution in [-0.4, -0.2) is 12.0 Å². The maximum atomic E-state index is 11.3. The van der Waals surface area contributed by atoms with Gasteiger partial charge in [-0.1, -0.05) is 26.0 Å². The SMILES string of the molecule is CC(C)C(=O)OCc1ccc(N(I)C(C)C)cc1. The van der Waals surface area contributed by atoms with Crippen LogP contribution in [0.4, 0.5) is 5.69 Å². The maximum Gasteiger partial charge on any atom is 0.308 e. The van der Waals surface area contributed by atoms with Crippen molar-refractivity contribution in [3.8, 4) is 0 Å². The normalized spacial score (nSPS) is 10.8. The summed E-state index contributed by atoms with van der Waals surface area (Å²) in [6.07, 6.45) is 0. The molecule has 0 aliphatic carbocycles. The van der Waals surface area contributed by atoms with Crippen molar-refractivity contribution >= 4 is 34.5 Å². The maximum absolute atomic E-state index is 11.3. The Morgan fingerprint density at radius 3 is 2.22 bits per heavy atom. The molecule has 4 heteroatoms. The first-order valence-electron chi connectivity index (χ1n) is 6.12. The van der Waals surface area contributed by atoms with Gasteiger partial charge < -0.3 is 7.85 Å². The Morgan fingerprint density at radius 1 is 1.22 bits per heavy atom. The van der Waals surface area contributed by atoms with E-state index in [9.17, 15) is 4.79 Å². The number of carbonyl (C=O) groups excluding carboxylic acids is 1. The van der Waals surface area contributed by atoms with E-state index in [4.69, 9.17) is 4.74 Å². The number of ether oxygens (including phenoxy) is 1. The van der Waals surface area contributed by atoms with Gasteiger partial charge in [0.1, 0.15) is 6.61 Å². The molecule has 0 spiro atoms. The lowest BCUT2D eigenvalue weighted by Crippen LogP contribution is -2.18. The fourth-order valence-electron chi connectivity index (χ4n) is 1.35. The highest BCUT2D eigenvalue weighted by Gasteiger charge is 2.09. The molecule has 0 unspecified atom stereocenters. The summed E-state index contributed by atoms with van der Waals surface area (Å²) in [5.74, 6) is -0.230. The second kappa shape index (κ2) is 6.97. The van der Waals surface area contributed by atoms with Gasteiger partial charge in [-0.25, -0.2) is 0 Å². The number of esters is 1. The van der Waals surface area contributed by atoms with Crippen molar-refractivity contribution in [2.24, 2.45) is 5.92 Å². The van der Waals surface area contributed by atoms with Gasteiger partial charge in [0.05, 0.1) is 28.8 Å². The third-order valence-electron chi connectivity index (χ3n) is 2.49. The summed E-state index contributed by atoms with van der Waals surface area (Å²) in [7, 11) is 0. The van der Waals surface area contributed by atoms with Crippen molar-refractivity contribution in [2.45, 2.75) is 40.3 Å². The molecule has 18 heavy (non-hydrogen) atoms. The number of carbonyl (C=O) groups is 1. The summed E-state index contributed by atoms with van der Waals surface area (Å²) in [5, 5.41) is 0. The van der Waals surface area contributed by atoms with Gasteiger partial charge in [-0.3, -0.25) is 4.79 Å². The minimum Gasteiger partial charge on any atom is -0.461 e. The van der Waals surface area contributed by atoms with Gasteiger partial charge in [0.15, 0.2) is 0 Å². The van der Waals surface area contributed by atoms with Gasteiger partial charge in [-0.05, 0) is 31.5 Å². The second-order valence-corrected chi connectivity index (χ2v) is 5.87. The molecule has 0 radical (unpaired) electrons. The Hall–Kier alpha value is -0.780. The van der Waals surface area contributed by atoms with Gasteiger partial charge in [-0.15, -0.1) is 0 Å². The number of hydrogen-bond donors (Lipinski definition) is 0. The molecule has 3 nitrogen and oxygen atoms in total. The van der Waals surface area contributed by atoms with Crippen LogP contribution in [0.15, 0.2) is 24.3 Å². The summed E-state index contributed by atoms with van der Waals surface area (Å²) in [4.78, 5) is 11.3. The van der Waals surface area contributed by atoms with Gasteiger partial charge in [-0.2, -0.15) is 0 Å². The Kier molecular flexibility index (Phi) is 5.91. The molecule has 0 heterocycles. The Balaban J connectivity index is 2.58. The first-order valence-corrected chi connectivity index (χ1v) is 7.09. The highest BCUT2D eigenvalue weighted by atomic mass is 127. The lowest BCUT2D eigenvalue weighted by molar-refractivity contribution is -0.148. The van der Waals surface area contributed by atoms with E-state index in [0.29, 0.717) is 12.6 Å². The first kappa shape index (κ1) is 15.3. The van der Waals surface area contributed by atoms with Crippen molar-refractivity contribution < 1.29 is 9.53 Å². The smallest absolute Gasteiger partial charge is 0.308 e. The minimum atomic E-state index is -0.156. The molecule has 1 aromatic rings. The molecule has 1 rings (SSSR count). The molecule has 0 aliphatic rings. The van der Waals surface area contributed by atoms with Crippen molar-refractivity contribution in [1.29, 1.82) is 0 Å². The van der Waals surface area contributed by atoms with Crippen LogP contribution in [-0.2, 0) is 16.1 Å². The summed E-state index contributed by atoms with van der Waals surface area (Å²) < 4.78 is 7.35. The molecule has 0 saturated heterocycles. The molecule has 1 aromatic carbocycles. The van der Waals surface area contributed by atoms with Crippen LogP contribution >= 0.6 is 22.9 Å². The summed E-state index contributed by atoms with van der Waals surface area (Å²) in [5.41, 5.74) is 2.17. The Morgan fingerprint density at radius 2 is 1.78 bits per heavy atom. The van der Waals surface area contributed by atoms with E-state index in [0.717, 1.165) is 11.3 Å². The molecule has 0 atom stereocenters. The number of hydrogen-bond acceptors (Lipinski definition) is 3. The molecule has 0 bridgehead atoms. The predicted octanol–water partition coefficient (Wildman–Crippen LogP) is 3.95. The average molecular weight is 361 g/mol. The fraction of sp³-hybridized carbons (Fsp3) is 0.500. The molecular weight excluding hydrogens is 341 g/mol. The number of anilines is 1. The van der Waals surface area contributed by atoms with E-state index < -0.39 is 0 Å². The zero-order chi connectivity index (χ0) is 13.7. The van der Waals surface area contributed by atoms with Gasteiger partial charge in [0.2, 0.25) is 0 Å². The zero-order valence-corrected chi connectivity index (χ0v) is 13.5. The van der Waals surface area contributed by atoms with E-state index in [-0.39, 0.29) is 11.9 Å². The van der Waals surface area contributed by atoms with Gasteiger partial charge in [0, 0.05) is 11.7 Å². The highest BCUT2D eigenvalue weighted by Crippen LogP contribution is 2.22. The van der Waals surface area contributed by atoms with Crippen LogP contribution in [0.25, 0.3) is 0 Å². The minimum absolute atomic E-state index is 0.0740. The molecule has 0 N–H and O–H groups in total. The van der Waals surface area contributed by atoms with Crippen molar-refractivity contribution in [3.05, 3.63) is 29.8 Å². The van der Waals surface area contributed by atoms with E-state index in [1.54, 1.807) is 0 Å². The lowest BCUT2D eigenvalue weighted by atomic mass is 10.2. The number of nitrogens with zero attached hydrogens (tertiary/aromatic N) is 1. The summed E-state index contributed by atoms with van der Waals surface area (Å²) in [6, 6.07) is 8.54. The standard InChI is InChI=1S/C14H20INO2/c1-10(2)14(17)18-9-12-5-7-13(8-6-12)16(15)11(3)4/h5-8,10-11H,9H2,1-4H3. The third kappa shape index (κ3) is 4.48. The summed E-state index contributed by atoms with van der Waals surface area (Å²) >= 11 is 2.30. The van der Waals surface area contributed by atoms with Crippen LogP contribution < -0.4 is 3.11 Å². The topological polar surface area (TPSA) is 29.5 Å². The van der Waals surface area contributed by atoms with Crippen LogP contribution in [0, 0.1) is 5.92 Å². The van der Waals surface area contributed by atoms with Crippen LogP contribution in [0.5, 0.6) is 0 Å². The fourth-order valence-corrected chi connectivity index (χ4v) is 1.68. The van der Waals surface area contributed by atoms with Gasteiger partial charge >= 0.3 is 5.97 Å². The number of halogens is 1. The van der Waals surface area contributed by atoms with Crippen molar-refractivity contribution in [1.82, 2.24) is 0 Å². The molecule has 0 aromatic heterocycles. The van der Waals surface area contributed by atoms with Crippen LogP contribution in [0.3, 0.4) is 0 Å². The van der Waals surface area contributed by atoms with E-state index in [2.05, 4.69) is 39.8 Å². The first-order chi connectivity index (χ1) is 8.41. The van der Waals surface area contributed by atoms with E-state index in [1.807, 2.05) is 38.1 Å². The molecule has 0 aliphatic heterocycles. The molecule has 0 fully saturated rings. The van der Waals surface area contributed by atoms with Crippen LogP contribution in [0.1, 0.15) is 33.3 Å². The number of rotatable bonds is 5. The Bertz CT molecular complexity index is 387. The monoisotopic (exact) mass is 361 g/mol. The molecule has 0 saturated carbocycles. The molecule has 0 amide bonds. The van der Waals surface area contributed by atoms with Crippen molar-refractivity contribution in [2.75, 3.05) is 3.11 Å². The predicted molar refractivity (Wildman–Crippen MR) is 82.7 cm³/mol. The third-order valence-corrected chi connectivity index (χ3v) is 4.16. The summed E-state index contributed by atoms with van der Waals surface area (Å²) in [6.45, 7) is 8.31.